The van der Waals surface area contributed by atoms with Crippen molar-refractivity contribution in [3.05, 3.63) is 89.4 Å². The standard InChI is InChI=1S/C30H32FN5O3.2C2HF3O2/c1-5-38-23-14-21(28(31)27(15-23)39-18(2)3)17-36(22-12-10-20(11-13-22)29(32)33)30-34-16-26(35-30)25-9-7-6-8-24(25)19(4)37;2*3-2(4,5)1(6)7/h6-16,18H,5,17H2,1-4H3,(H3,32,33)(H,34,35);2*(H,6,7). The maximum Gasteiger partial charge on any atom is 0.490 e. The second-order valence-electron chi connectivity index (χ2n) is 10.9. The van der Waals surface area contributed by atoms with Gasteiger partial charge in [0.2, 0.25) is 5.95 Å². The molecule has 1 heterocycles. The van der Waals surface area contributed by atoms with Gasteiger partial charge in [-0.2, -0.15) is 26.3 Å². The second kappa shape index (κ2) is 18.4. The highest BCUT2D eigenvalue weighted by molar-refractivity contribution is 6.00. The molecule has 0 aliphatic heterocycles. The van der Waals surface area contributed by atoms with E-state index in [1.165, 1.54) is 6.92 Å². The van der Waals surface area contributed by atoms with Crippen LogP contribution in [0.4, 0.5) is 42.4 Å². The molecule has 0 saturated carbocycles. The molecule has 1 aromatic heterocycles. The Bertz CT molecular complexity index is 1870. The molecule has 53 heavy (non-hydrogen) atoms. The van der Waals surface area contributed by atoms with E-state index >= 15 is 4.39 Å². The first-order chi connectivity index (χ1) is 24.6. The van der Waals surface area contributed by atoms with Gasteiger partial charge in [0, 0.05) is 34.0 Å². The van der Waals surface area contributed by atoms with Crippen molar-refractivity contribution >= 4 is 35.2 Å². The molecule has 4 aromatic rings. The van der Waals surface area contributed by atoms with E-state index in [9.17, 15) is 31.1 Å². The zero-order chi connectivity index (χ0) is 40.3. The van der Waals surface area contributed by atoms with Gasteiger partial charge in [-0.15, -0.1) is 0 Å². The van der Waals surface area contributed by atoms with E-state index in [-0.39, 0.29) is 30.0 Å². The molecule has 19 heteroatoms. The molecule has 12 nitrogen and oxygen atoms in total. The van der Waals surface area contributed by atoms with Crippen LogP contribution in [0.1, 0.15) is 49.2 Å². The van der Waals surface area contributed by atoms with Crippen LogP contribution in [-0.4, -0.2) is 68.8 Å². The summed E-state index contributed by atoms with van der Waals surface area (Å²) in [5, 5.41) is 22.0. The highest BCUT2D eigenvalue weighted by Crippen LogP contribution is 2.34. The van der Waals surface area contributed by atoms with Gasteiger partial charge in [0.15, 0.2) is 17.3 Å². The first-order valence-corrected chi connectivity index (χ1v) is 15.2. The molecule has 0 saturated heterocycles. The van der Waals surface area contributed by atoms with E-state index < -0.39 is 30.1 Å². The number of nitrogen functional groups attached to an aromatic ring is 1. The van der Waals surface area contributed by atoms with Crippen LogP contribution in [0.15, 0.2) is 66.9 Å². The van der Waals surface area contributed by atoms with E-state index in [4.69, 9.17) is 40.4 Å². The number of alkyl halides is 6. The van der Waals surface area contributed by atoms with Crippen LogP contribution < -0.4 is 20.1 Å². The SMILES string of the molecule is CCOc1cc(CN(c2ccc(C(=N)N)cc2)c2ncc(-c3ccccc3C(C)=O)[nH]2)c(F)c(OC(C)C)c1.O=C(O)C(F)(F)F.O=C(O)C(F)(F)F. The fourth-order valence-electron chi connectivity index (χ4n) is 4.22. The van der Waals surface area contributed by atoms with Gasteiger partial charge in [0.05, 0.1) is 31.1 Å². The first-order valence-electron chi connectivity index (χ1n) is 15.2. The second-order valence-corrected chi connectivity index (χ2v) is 10.9. The van der Waals surface area contributed by atoms with Crippen molar-refractivity contribution in [3.63, 3.8) is 0 Å². The molecule has 0 spiro atoms. The van der Waals surface area contributed by atoms with Crippen molar-refractivity contribution in [2.75, 3.05) is 11.5 Å². The van der Waals surface area contributed by atoms with Gasteiger partial charge in [0.1, 0.15) is 11.6 Å². The molecule has 0 unspecified atom stereocenters. The van der Waals surface area contributed by atoms with E-state index in [0.29, 0.717) is 51.9 Å². The Morgan fingerprint density at radius 1 is 0.962 bits per heavy atom. The zero-order valence-electron chi connectivity index (χ0n) is 28.4. The number of H-pyrrole nitrogens is 1. The fraction of sp³-hybridized carbons (Fsp3) is 0.265. The summed E-state index contributed by atoms with van der Waals surface area (Å²) < 4.78 is 90.6. The van der Waals surface area contributed by atoms with Gasteiger partial charge in [-0.25, -0.2) is 19.0 Å². The number of hydrogen-bond acceptors (Lipinski definition) is 8. The molecule has 0 radical (unpaired) electrons. The number of aromatic amines is 1. The van der Waals surface area contributed by atoms with Gasteiger partial charge in [0.25, 0.3) is 0 Å². The number of halogens is 7. The number of ketones is 1. The maximum absolute atomic E-state index is 15.7. The summed E-state index contributed by atoms with van der Waals surface area (Å²) in [6, 6.07) is 17.5. The molecule has 0 aliphatic carbocycles. The Morgan fingerprint density at radius 2 is 1.51 bits per heavy atom. The third kappa shape index (κ3) is 12.8. The molecular formula is C34H34F7N5O7. The lowest BCUT2D eigenvalue weighted by atomic mass is 10.0. The van der Waals surface area contributed by atoms with Crippen LogP contribution in [0.25, 0.3) is 11.3 Å². The van der Waals surface area contributed by atoms with Crippen molar-refractivity contribution in [3.8, 4) is 22.8 Å². The molecule has 3 aromatic carbocycles. The lowest BCUT2D eigenvalue weighted by Gasteiger charge is -2.24. The summed E-state index contributed by atoms with van der Waals surface area (Å²) in [4.78, 5) is 39.7. The van der Waals surface area contributed by atoms with Crippen molar-refractivity contribution < 1.29 is 64.8 Å². The number of amidine groups is 1. The summed E-state index contributed by atoms with van der Waals surface area (Å²) in [6.07, 6.45) is -8.75. The number of carbonyl (C=O) groups excluding carboxylic acids is 1. The number of benzene rings is 3. The smallest absolute Gasteiger partial charge is 0.490 e. The van der Waals surface area contributed by atoms with Crippen LogP contribution in [0.5, 0.6) is 11.5 Å². The zero-order valence-corrected chi connectivity index (χ0v) is 28.4. The van der Waals surface area contributed by atoms with E-state index in [0.717, 1.165) is 0 Å². The number of carbonyl (C=O) groups is 3. The topological polar surface area (TPSA) is 192 Å². The van der Waals surface area contributed by atoms with Crippen LogP contribution in [0, 0.1) is 11.2 Å². The van der Waals surface area contributed by atoms with Gasteiger partial charge in [-0.1, -0.05) is 24.3 Å². The first kappa shape index (κ1) is 43.0. The highest BCUT2D eigenvalue weighted by Gasteiger charge is 2.39. The van der Waals surface area contributed by atoms with Crippen LogP contribution in [-0.2, 0) is 16.1 Å². The number of hydrogen-bond donors (Lipinski definition) is 5. The minimum Gasteiger partial charge on any atom is -0.494 e. The fourth-order valence-corrected chi connectivity index (χ4v) is 4.22. The summed E-state index contributed by atoms with van der Waals surface area (Å²) >= 11 is 0. The Morgan fingerprint density at radius 3 is 1.98 bits per heavy atom. The van der Waals surface area contributed by atoms with E-state index in [1.807, 2.05) is 39.0 Å². The molecule has 0 aliphatic rings. The largest absolute Gasteiger partial charge is 0.494 e. The number of rotatable bonds is 11. The number of anilines is 2. The monoisotopic (exact) mass is 757 g/mol. The van der Waals surface area contributed by atoms with E-state index in [2.05, 4.69) is 9.97 Å². The number of nitrogens with zero attached hydrogens (tertiary/aromatic N) is 2. The minimum absolute atomic E-state index is 0.0554. The average molecular weight is 758 g/mol. The molecule has 0 bridgehead atoms. The Kier molecular flexibility index (Phi) is 14.9. The van der Waals surface area contributed by atoms with Crippen molar-refractivity contribution in [2.24, 2.45) is 5.73 Å². The lowest BCUT2D eigenvalue weighted by Crippen LogP contribution is -2.21. The summed E-state index contributed by atoms with van der Waals surface area (Å²) in [6.45, 7) is 7.54. The normalized spacial score (nSPS) is 11.0. The molecule has 0 atom stereocenters. The van der Waals surface area contributed by atoms with Crippen molar-refractivity contribution in [1.29, 1.82) is 5.41 Å². The van der Waals surface area contributed by atoms with Gasteiger partial charge >= 0.3 is 24.3 Å². The molecule has 4 rings (SSSR count). The van der Waals surface area contributed by atoms with Crippen molar-refractivity contribution in [2.45, 2.75) is 52.7 Å². The third-order valence-corrected chi connectivity index (χ3v) is 6.48. The molecule has 0 amide bonds. The van der Waals surface area contributed by atoms with E-state index in [1.54, 1.807) is 53.6 Å². The van der Waals surface area contributed by atoms with Crippen LogP contribution >= 0.6 is 0 Å². The number of aliphatic carboxylic acids is 2. The number of ether oxygens (including phenoxy) is 2. The molecular weight excluding hydrogens is 723 g/mol. The van der Waals surface area contributed by atoms with Crippen molar-refractivity contribution in [1.82, 2.24) is 9.97 Å². The highest BCUT2D eigenvalue weighted by atomic mass is 19.4. The van der Waals surface area contributed by atoms with Gasteiger partial charge < -0.3 is 35.3 Å². The predicted molar refractivity (Wildman–Crippen MR) is 178 cm³/mol. The lowest BCUT2D eigenvalue weighted by molar-refractivity contribution is -0.193. The molecule has 6 N–H and O–H groups in total. The van der Waals surface area contributed by atoms with Crippen LogP contribution in [0.3, 0.4) is 0 Å². The summed E-state index contributed by atoms with van der Waals surface area (Å²) in [5.41, 5.74) is 9.17. The van der Waals surface area contributed by atoms with Crippen LogP contribution in [0.2, 0.25) is 0 Å². The summed E-state index contributed by atoms with van der Waals surface area (Å²) in [5.74, 6) is -5.09. The Balaban J connectivity index is 0.000000587. The number of imidazole rings is 1. The molecule has 286 valence electrons. The predicted octanol–water partition coefficient (Wildman–Crippen LogP) is 7.49. The maximum atomic E-state index is 15.7. The number of aromatic nitrogens is 2. The number of nitrogens with two attached hydrogens (primary N) is 1. The number of Topliss-reactive ketones (excluding diaryl/α,β-unsaturated/α-hetero) is 1. The minimum atomic E-state index is -5.08. The Hall–Kier alpha value is -6.14. The van der Waals surface area contributed by atoms with Gasteiger partial charge in [-0.05, 0) is 58.0 Å². The summed E-state index contributed by atoms with van der Waals surface area (Å²) in [7, 11) is 0. The molecule has 0 fully saturated rings. The third-order valence-electron chi connectivity index (χ3n) is 6.48. The number of carboxylic acids is 2. The van der Waals surface area contributed by atoms with Gasteiger partial charge in [-0.3, -0.25) is 10.2 Å². The number of carboxylic acid groups (broad SMARTS) is 2. The average Bonchev–Trinajstić information content (AvgIpc) is 3.55. The number of nitrogens with one attached hydrogen (secondary N) is 2. The Labute approximate surface area is 297 Å². The quantitative estimate of drug-likeness (QED) is 0.0443.